The zero-order valence-corrected chi connectivity index (χ0v) is 28.2. The van der Waals surface area contributed by atoms with Crippen LogP contribution in [0.15, 0.2) is 0 Å². The molecule has 0 N–H and O–H groups in total. The Morgan fingerprint density at radius 1 is 0.425 bits per heavy atom. The van der Waals surface area contributed by atoms with Gasteiger partial charge in [-0.1, -0.05) is 25.7 Å². The van der Waals surface area contributed by atoms with E-state index >= 15 is 0 Å². The van der Waals surface area contributed by atoms with Gasteiger partial charge in [-0.2, -0.15) is 9.34 Å². The van der Waals surface area contributed by atoms with E-state index in [-0.39, 0.29) is 0 Å². The summed E-state index contributed by atoms with van der Waals surface area (Å²) < 4.78 is 18.5. The van der Waals surface area contributed by atoms with Crippen LogP contribution in [0.2, 0.25) is 0 Å². The molecule has 4 aliphatic carbocycles. The molecule has 4 saturated carbocycles. The molecule has 7 heteroatoms. The summed E-state index contributed by atoms with van der Waals surface area (Å²) in [5.41, 5.74) is 3.49. The minimum absolute atomic E-state index is 0.411. The van der Waals surface area contributed by atoms with Crippen LogP contribution in [0.1, 0.15) is 128 Å². The Labute approximate surface area is 253 Å². The van der Waals surface area contributed by atoms with Gasteiger partial charge in [-0.05, 0) is 114 Å². The van der Waals surface area contributed by atoms with Gasteiger partial charge in [0.25, 0.3) is 4.86 Å². The summed E-state index contributed by atoms with van der Waals surface area (Å²) in [6.45, 7) is 8.35. The second-order valence-electron chi connectivity index (χ2n) is 14.2. The summed E-state index contributed by atoms with van der Waals surface area (Å²) >= 11 is 8.86. The first-order valence-corrected chi connectivity index (χ1v) is 22.2. The van der Waals surface area contributed by atoms with Crippen molar-refractivity contribution in [1.82, 2.24) is 9.34 Å². The Hall–Kier alpha value is 0.990. The summed E-state index contributed by atoms with van der Waals surface area (Å²) in [5, 5.41) is 0. The van der Waals surface area contributed by atoms with Crippen LogP contribution < -0.4 is 0 Å². The SMILES string of the molecule is ClC([P+](C1CCCCC1)(C1CCCCC1)N1CCOCC1)[P+](C1CCCCC1)(C1CCCCC1)N1CCOCC1. The lowest BCUT2D eigenvalue weighted by Gasteiger charge is -2.57. The van der Waals surface area contributed by atoms with Gasteiger partial charge in [-0.15, -0.1) is 0 Å². The standard InChI is InChI=1S/C33H61ClN2O2P2/c34-33(39(29-13-5-1-6-14-29,30-15-7-2-8-16-30)35-21-25-37-26-22-35)40(31-17-9-3-10-18-31,32-19-11-4-12-20-32)36-23-27-38-28-24-36/h29-33H,1-28H2/q+2. The zero-order valence-electron chi connectivity index (χ0n) is 25.7. The van der Waals surface area contributed by atoms with Crippen molar-refractivity contribution in [3.63, 3.8) is 0 Å². The third-order valence-corrected chi connectivity index (χ3v) is 27.2. The van der Waals surface area contributed by atoms with E-state index in [2.05, 4.69) is 9.34 Å². The van der Waals surface area contributed by atoms with Crippen LogP contribution in [0.25, 0.3) is 0 Å². The number of halogens is 1. The number of rotatable bonds is 8. The van der Waals surface area contributed by atoms with Crippen LogP contribution in [0.3, 0.4) is 0 Å². The predicted molar refractivity (Wildman–Crippen MR) is 176 cm³/mol. The van der Waals surface area contributed by atoms with Crippen LogP contribution >= 0.6 is 26.4 Å². The highest BCUT2D eigenvalue weighted by Crippen LogP contribution is 2.93. The Kier molecular flexibility index (Phi) is 11.5. The highest BCUT2D eigenvalue weighted by Gasteiger charge is 2.76. The summed E-state index contributed by atoms with van der Waals surface area (Å²) in [4.78, 5) is 0.411. The molecule has 6 fully saturated rings. The number of nitrogens with zero attached hydrogens (tertiary/aromatic N) is 2. The van der Waals surface area contributed by atoms with E-state index in [4.69, 9.17) is 21.1 Å². The first-order chi connectivity index (χ1) is 19.8. The van der Waals surface area contributed by atoms with Crippen molar-refractivity contribution in [1.29, 1.82) is 0 Å². The minimum atomic E-state index is -1.65. The van der Waals surface area contributed by atoms with Crippen molar-refractivity contribution < 1.29 is 9.47 Å². The number of morpholine rings is 2. The van der Waals surface area contributed by atoms with Crippen molar-refractivity contribution in [3.05, 3.63) is 0 Å². The summed E-state index contributed by atoms with van der Waals surface area (Å²) in [5.74, 6) is 0. The second-order valence-corrected chi connectivity index (χ2v) is 23.9. The van der Waals surface area contributed by atoms with Gasteiger partial charge >= 0.3 is 0 Å². The Morgan fingerprint density at radius 2 is 0.675 bits per heavy atom. The van der Waals surface area contributed by atoms with Gasteiger partial charge in [-0.3, -0.25) is 0 Å². The molecule has 40 heavy (non-hydrogen) atoms. The lowest BCUT2D eigenvalue weighted by molar-refractivity contribution is 0.0704. The molecule has 0 bridgehead atoms. The first-order valence-electron chi connectivity index (χ1n) is 17.9. The van der Waals surface area contributed by atoms with Gasteiger partial charge in [0, 0.05) is 0 Å². The topological polar surface area (TPSA) is 24.9 Å². The van der Waals surface area contributed by atoms with E-state index in [0.29, 0.717) is 4.86 Å². The molecule has 6 rings (SSSR count). The highest BCUT2D eigenvalue weighted by molar-refractivity contribution is 7.94. The van der Waals surface area contributed by atoms with Crippen LogP contribution in [0.4, 0.5) is 0 Å². The monoisotopic (exact) mass is 614 g/mol. The molecule has 0 amide bonds. The van der Waals surface area contributed by atoms with Crippen molar-refractivity contribution in [3.8, 4) is 0 Å². The molecule has 0 unspecified atom stereocenters. The fourth-order valence-electron chi connectivity index (χ4n) is 10.6. The number of alkyl halides is 1. The molecule has 230 valence electrons. The molecule has 0 spiro atoms. The van der Waals surface area contributed by atoms with E-state index in [1.54, 1.807) is 0 Å². The number of hydrogen-bond acceptors (Lipinski definition) is 4. The molecular formula is C33H61ClN2O2P2+2. The fraction of sp³-hybridized carbons (Fsp3) is 1.00. The fourth-order valence-corrected chi connectivity index (χ4v) is 30.2. The molecule has 2 aliphatic heterocycles. The van der Waals surface area contributed by atoms with Gasteiger partial charge < -0.3 is 9.47 Å². The summed E-state index contributed by atoms with van der Waals surface area (Å²) in [7, 11) is -3.30. The molecule has 0 radical (unpaired) electrons. The molecule has 4 nitrogen and oxygen atoms in total. The largest absolute Gasteiger partial charge is 0.379 e. The smallest absolute Gasteiger partial charge is 0.272 e. The van der Waals surface area contributed by atoms with Crippen LogP contribution in [0, 0.1) is 0 Å². The van der Waals surface area contributed by atoms with Crippen molar-refractivity contribution in [2.24, 2.45) is 0 Å². The average molecular weight is 615 g/mol. The van der Waals surface area contributed by atoms with Crippen molar-refractivity contribution in [2.75, 3.05) is 52.6 Å². The van der Waals surface area contributed by atoms with Gasteiger partial charge in [0.15, 0.2) is 0 Å². The number of hydrogen-bond donors (Lipinski definition) is 0. The van der Waals surface area contributed by atoms with Gasteiger partial charge in [0.05, 0.1) is 75.2 Å². The molecule has 2 heterocycles. The lowest BCUT2D eigenvalue weighted by Crippen LogP contribution is -2.53. The molecular weight excluding hydrogens is 554 g/mol. The zero-order chi connectivity index (χ0) is 27.3. The van der Waals surface area contributed by atoms with E-state index in [0.717, 1.165) is 75.2 Å². The van der Waals surface area contributed by atoms with Crippen LogP contribution in [0.5, 0.6) is 0 Å². The van der Waals surface area contributed by atoms with Crippen LogP contribution in [-0.2, 0) is 9.47 Å². The van der Waals surface area contributed by atoms with E-state index in [1.807, 2.05) is 0 Å². The molecule has 6 aliphatic rings. The quantitative estimate of drug-likeness (QED) is 0.201. The predicted octanol–water partition coefficient (Wildman–Crippen LogP) is 9.37. The summed E-state index contributed by atoms with van der Waals surface area (Å²) in [6, 6.07) is 0. The normalized spacial score (nSPS) is 29.2. The Balaban J connectivity index is 1.54. The molecule has 0 atom stereocenters. The first kappa shape index (κ1) is 31.0. The number of ether oxygens (including phenoxy) is 2. The summed E-state index contributed by atoms with van der Waals surface area (Å²) in [6.07, 6.45) is 29.1. The minimum Gasteiger partial charge on any atom is -0.379 e. The van der Waals surface area contributed by atoms with Gasteiger partial charge in [-0.25, -0.2) is 0 Å². The van der Waals surface area contributed by atoms with Crippen molar-refractivity contribution in [2.45, 2.75) is 156 Å². The second kappa shape index (κ2) is 14.8. The van der Waals surface area contributed by atoms with Crippen molar-refractivity contribution >= 4 is 26.4 Å². The van der Waals surface area contributed by atoms with Gasteiger partial charge in [0.2, 0.25) is 0 Å². The lowest BCUT2D eigenvalue weighted by atomic mass is 9.99. The molecule has 2 saturated heterocycles. The Bertz CT molecular complexity index is 600. The maximum atomic E-state index is 8.86. The van der Waals surface area contributed by atoms with E-state index < -0.39 is 14.8 Å². The van der Waals surface area contributed by atoms with E-state index in [1.165, 1.54) is 128 Å². The van der Waals surface area contributed by atoms with E-state index in [9.17, 15) is 0 Å². The van der Waals surface area contributed by atoms with Crippen LogP contribution in [-0.4, -0.2) is 89.4 Å². The molecule has 0 aromatic carbocycles. The Morgan fingerprint density at radius 3 is 0.925 bits per heavy atom. The highest BCUT2D eigenvalue weighted by atomic mass is 35.5. The molecule has 0 aromatic rings. The third-order valence-electron chi connectivity index (χ3n) is 12.3. The maximum Gasteiger partial charge on any atom is 0.272 e. The molecule has 0 aromatic heterocycles. The third kappa shape index (κ3) is 5.98. The van der Waals surface area contributed by atoms with Gasteiger partial charge in [0.1, 0.15) is 14.8 Å². The average Bonchev–Trinajstić information content (AvgIpc) is 3.05. The maximum absolute atomic E-state index is 8.86.